The van der Waals surface area contributed by atoms with Crippen molar-refractivity contribution in [2.24, 2.45) is 0 Å². The highest BCUT2D eigenvalue weighted by atomic mass is 16.5. The number of aryl methyl sites for hydroxylation is 1. The van der Waals surface area contributed by atoms with E-state index in [1.54, 1.807) is 36.4 Å². The predicted molar refractivity (Wildman–Crippen MR) is 104 cm³/mol. The zero-order chi connectivity index (χ0) is 19.3. The van der Waals surface area contributed by atoms with Crippen molar-refractivity contribution in [3.63, 3.8) is 0 Å². The van der Waals surface area contributed by atoms with Gasteiger partial charge in [-0.1, -0.05) is 17.3 Å². The number of hydrogen-bond acceptors (Lipinski definition) is 6. The van der Waals surface area contributed by atoms with Gasteiger partial charge < -0.3 is 14.8 Å². The molecule has 2 heterocycles. The molecule has 1 aliphatic heterocycles. The first-order valence-corrected chi connectivity index (χ1v) is 9.23. The van der Waals surface area contributed by atoms with Gasteiger partial charge in [-0.15, -0.1) is 5.10 Å². The van der Waals surface area contributed by atoms with Crippen LogP contribution in [0.2, 0.25) is 0 Å². The van der Waals surface area contributed by atoms with Crippen molar-refractivity contribution in [1.29, 1.82) is 0 Å². The van der Waals surface area contributed by atoms with Crippen LogP contribution in [0.3, 0.4) is 0 Å². The minimum Gasteiger partial charge on any atom is -0.490 e. The van der Waals surface area contributed by atoms with Crippen molar-refractivity contribution in [3.05, 3.63) is 52.8 Å². The van der Waals surface area contributed by atoms with Crippen molar-refractivity contribution >= 4 is 22.5 Å². The summed E-state index contributed by atoms with van der Waals surface area (Å²) in [7, 11) is 0. The Hall–Kier alpha value is -3.42. The van der Waals surface area contributed by atoms with Crippen molar-refractivity contribution < 1.29 is 14.3 Å². The van der Waals surface area contributed by atoms with Crippen LogP contribution >= 0.6 is 0 Å². The number of rotatable bonds is 5. The second kappa shape index (κ2) is 8.08. The second-order valence-electron chi connectivity index (χ2n) is 6.50. The summed E-state index contributed by atoms with van der Waals surface area (Å²) < 4.78 is 12.5. The van der Waals surface area contributed by atoms with Gasteiger partial charge in [0.25, 0.3) is 5.56 Å². The van der Waals surface area contributed by atoms with Crippen LogP contribution in [0.5, 0.6) is 11.5 Å². The maximum atomic E-state index is 12.4. The van der Waals surface area contributed by atoms with E-state index in [1.165, 1.54) is 4.68 Å². The molecule has 8 nitrogen and oxygen atoms in total. The van der Waals surface area contributed by atoms with Gasteiger partial charge in [-0.3, -0.25) is 9.59 Å². The van der Waals surface area contributed by atoms with Gasteiger partial charge in [-0.25, -0.2) is 4.68 Å². The third-order valence-corrected chi connectivity index (χ3v) is 4.43. The summed E-state index contributed by atoms with van der Waals surface area (Å²) in [5, 5.41) is 11.3. The lowest BCUT2D eigenvalue weighted by atomic mass is 10.2. The van der Waals surface area contributed by atoms with Gasteiger partial charge in [0.1, 0.15) is 5.52 Å². The summed E-state index contributed by atoms with van der Waals surface area (Å²) in [5.41, 5.74) is 1.02. The van der Waals surface area contributed by atoms with Gasteiger partial charge in [-0.05, 0) is 30.7 Å². The number of fused-ring (bicyclic) bond motifs is 2. The molecular formula is C20H20N4O4. The van der Waals surface area contributed by atoms with Crippen LogP contribution in [0.1, 0.15) is 19.3 Å². The minimum absolute atomic E-state index is 0.142. The number of carbonyl (C=O) groups excluding carboxylic acids is 1. The highest BCUT2D eigenvalue weighted by Gasteiger charge is 2.12. The van der Waals surface area contributed by atoms with Crippen LogP contribution in [0.15, 0.2) is 47.3 Å². The van der Waals surface area contributed by atoms with Gasteiger partial charge in [0.05, 0.1) is 18.6 Å². The van der Waals surface area contributed by atoms with Crippen LogP contribution in [-0.4, -0.2) is 34.1 Å². The van der Waals surface area contributed by atoms with E-state index in [4.69, 9.17) is 9.47 Å². The Balaban J connectivity index is 1.34. The predicted octanol–water partition coefficient (Wildman–Crippen LogP) is 2.37. The standard InChI is InChI=1S/C20H20N4O4/c25-19(21-14-8-9-17-18(13-14)28-12-4-11-27-17)7-3-10-24-20(26)15-5-1-2-6-16(15)22-23-24/h1-2,5-6,8-9,13H,3-4,7,10-12H2,(H,21,25). The topological polar surface area (TPSA) is 95.3 Å². The average molecular weight is 380 g/mol. The molecule has 2 aromatic carbocycles. The number of aromatic nitrogens is 3. The summed E-state index contributed by atoms with van der Waals surface area (Å²) in [5.74, 6) is 1.18. The first-order valence-electron chi connectivity index (χ1n) is 9.23. The van der Waals surface area contributed by atoms with E-state index < -0.39 is 0 Å². The molecule has 1 N–H and O–H groups in total. The Morgan fingerprint density at radius 3 is 2.82 bits per heavy atom. The van der Waals surface area contributed by atoms with E-state index in [9.17, 15) is 9.59 Å². The third kappa shape index (κ3) is 3.95. The first kappa shape index (κ1) is 18.0. The number of anilines is 1. The smallest absolute Gasteiger partial charge is 0.277 e. The Labute approximate surface area is 161 Å². The molecule has 144 valence electrons. The fraction of sp³-hybridized carbons (Fsp3) is 0.300. The Morgan fingerprint density at radius 2 is 1.93 bits per heavy atom. The number of hydrogen-bond donors (Lipinski definition) is 1. The first-order chi connectivity index (χ1) is 13.7. The van der Waals surface area contributed by atoms with E-state index in [2.05, 4.69) is 15.6 Å². The maximum absolute atomic E-state index is 12.4. The summed E-state index contributed by atoms with van der Waals surface area (Å²) >= 11 is 0. The lowest BCUT2D eigenvalue weighted by Crippen LogP contribution is -2.25. The van der Waals surface area contributed by atoms with E-state index in [0.717, 1.165) is 6.42 Å². The fourth-order valence-corrected chi connectivity index (χ4v) is 3.02. The van der Waals surface area contributed by atoms with Gasteiger partial charge in [0.15, 0.2) is 11.5 Å². The van der Waals surface area contributed by atoms with E-state index >= 15 is 0 Å². The van der Waals surface area contributed by atoms with Gasteiger partial charge in [-0.2, -0.15) is 0 Å². The summed E-state index contributed by atoms with van der Waals surface area (Å²) in [4.78, 5) is 24.6. The molecule has 0 unspecified atom stereocenters. The Bertz CT molecular complexity index is 1060. The SMILES string of the molecule is O=C(CCCn1nnc2ccccc2c1=O)Nc1ccc2c(c1)OCCCO2. The van der Waals surface area contributed by atoms with Crippen LogP contribution in [-0.2, 0) is 11.3 Å². The zero-order valence-corrected chi connectivity index (χ0v) is 15.3. The number of benzene rings is 2. The zero-order valence-electron chi connectivity index (χ0n) is 15.3. The number of carbonyl (C=O) groups is 1. The van der Waals surface area contributed by atoms with Crippen molar-refractivity contribution in [3.8, 4) is 11.5 Å². The van der Waals surface area contributed by atoms with Crippen molar-refractivity contribution in [2.75, 3.05) is 18.5 Å². The largest absolute Gasteiger partial charge is 0.490 e. The fourth-order valence-electron chi connectivity index (χ4n) is 3.02. The summed E-state index contributed by atoms with van der Waals surface area (Å²) in [6, 6.07) is 12.4. The summed E-state index contributed by atoms with van der Waals surface area (Å²) in [6.45, 7) is 1.53. The van der Waals surface area contributed by atoms with E-state index in [0.29, 0.717) is 54.3 Å². The lowest BCUT2D eigenvalue weighted by molar-refractivity contribution is -0.116. The van der Waals surface area contributed by atoms with Crippen molar-refractivity contribution in [2.45, 2.75) is 25.8 Å². The maximum Gasteiger partial charge on any atom is 0.277 e. The highest BCUT2D eigenvalue weighted by Crippen LogP contribution is 2.32. The van der Waals surface area contributed by atoms with Crippen molar-refractivity contribution in [1.82, 2.24) is 15.0 Å². The molecular weight excluding hydrogens is 360 g/mol. The Morgan fingerprint density at radius 1 is 1.11 bits per heavy atom. The second-order valence-corrected chi connectivity index (χ2v) is 6.50. The van der Waals surface area contributed by atoms with Crippen LogP contribution in [0.4, 0.5) is 5.69 Å². The van der Waals surface area contributed by atoms with Crippen LogP contribution in [0, 0.1) is 0 Å². The molecule has 8 heteroatoms. The molecule has 0 radical (unpaired) electrons. The molecule has 3 aromatic rings. The summed E-state index contributed by atoms with van der Waals surface area (Å²) in [6.07, 6.45) is 1.56. The number of amides is 1. The molecule has 0 fully saturated rings. The average Bonchev–Trinajstić information content (AvgIpc) is 2.95. The molecule has 0 spiro atoms. The molecule has 1 aromatic heterocycles. The number of nitrogens with zero attached hydrogens (tertiary/aromatic N) is 3. The Kier molecular flexibility index (Phi) is 5.18. The van der Waals surface area contributed by atoms with Crippen LogP contribution in [0.25, 0.3) is 10.9 Å². The van der Waals surface area contributed by atoms with Gasteiger partial charge in [0.2, 0.25) is 5.91 Å². The van der Waals surface area contributed by atoms with Crippen LogP contribution < -0.4 is 20.3 Å². The monoisotopic (exact) mass is 380 g/mol. The minimum atomic E-state index is -0.200. The normalized spacial score (nSPS) is 13.1. The molecule has 0 aliphatic carbocycles. The third-order valence-electron chi connectivity index (χ3n) is 4.43. The lowest BCUT2D eigenvalue weighted by Gasteiger charge is -2.10. The molecule has 0 atom stereocenters. The van der Waals surface area contributed by atoms with E-state index in [-0.39, 0.29) is 17.9 Å². The van der Waals surface area contributed by atoms with Gasteiger partial charge in [0, 0.05) is 31.1 Å². The highest BCUT2D eigenvalue weighted by molar-refractivity contribution is 5.91. The molecule has 0 saturated carbocycles. The molecule has 1 amide bonds. The molecule has 1 aliphatic rings. The number of ether oxygens (including phenoxy) is 2. The molecule has 0 saturated heterocycles. The quantitative estimate of drug-likeness (QED) is 0.730. The van der Waals surface area contributed by atoms with E-state index in [1.807, 2.05) is 6.07 Å². The molecule has 28 heavy (non-hydrogen) atoms. The molecule has 4 rings (SSSR count). The number of nitrogens with one attached hydrogen (secondary N) is 1. The molecule has 0 bridgehead atoms. The van der Waals surface area contributed by atoms with Gasteiger partial charge >= 0.3 is 0 Å².